The molecule has 58 valence electrons. The fourth-order valence-corrected chi connectivity index (χ4v) is 1.05. The van der Waals surface area contributed by atoms with E-state index in [9.17, 15) is 0 Å². The van der Waals surface area contributed by atoms with Crippen molar-refractivity contribution in [1.29, 1.82) is 0 Å². The molecule has 3 heteroatoms. The topological polar surface area (TPSA) is 38.0 Å². The van der Waals surface area contributed by atoms with Crippen molar-refractivity contribution < 1.29 is 0 Å². The van der Waals surface area contributed by atoms with Crippen LogP contribution in [-0.4, -0.2) is 0 Å². The van der Waals surface area contributed by atoms with Crippen molar-refractivity contribution >= 4 is 34.0 Å². The lowest BCUT2D eigenvalue weighted by Crippen LogP contribution is -1.96. The summed E-state index contributed by atoms with van der Waals surface area (Å²) in [4.78, 5) is 0. The van der Waals surface area contributed by atoms with E-state index in [0.29, 0.717) is 0 Å². The van der Waals surface area contributed by atoms with Crippen LogP contribution < -0.4 is 11.1 Å². The van der Waals surface area contributed by atoms with Gasteiger partial charge in [0.2, 0.25) is 0 Å². The molecule has 1 rings (SSSR count). The molecule has 0 aliphatic rings. The number of halogens is 1. The summed E-state index contributed by atoms with van der Waals surface area (Å²) >= 11 is 2.10. The summed E-state index contributed by atoms with van der Waals surface area (Å²) in [6.07, 6.45) is 0. The van der Waals surface area contributed by atoms with Crippen LogP contribution in [0.1, 0.15) is 0 Å². The van der Waals surface area contributed by atoms with Crippen molar-refractivity contribution in [2.24, 2.45) is 0 Å². The van der Waals surface area contributed by atoms with E-state index < -0.39 is 0 Å². The number of nitrogens with two attached hydrogens (primary N) is 1. The van der Waals surface area contributed by atoms with E-state index in [4.69, 9.17) is 5.73 Å². The molecule has 0 radical (unpaired) electrons. The van der Waals surface area contributed by atoms with Crippen LogP contribution in [0.25, 0.3) is 0 Å². The highest BCUT2D eigenvalue weighted by Gasteiger charge is 1.94. The van der Waals surface area contributed by atoms with Gasteiger partial charge in [-0.15, -0.1) is 0 Å². The van der Waals surface area contributed by atoms with Gasteiger partial charge in [0.05, 0.1) is 15.1 Å². The van der Waals surface area contributed by atoms with Crippen molar-refractivity contribution in [3.63, 3.8) is 0 Å². The Morgan fingerprint density at radius 3 is 2.64 bits per heavy atom. The first-order chi connectivity index (χ1) is 5.20. The van der Waals surface area contributed by atoms with Crippen LogP contribution in [0, 0.1) is 0 Å². The number of rotatable bonds is 2. The van der Waals surface area contributed by atoms with E-state index in [1.165, 1.54) is 0 Å². The third-order valence-corrected chi connectivity index (χ3v) is 1.50. The molecule has 1 aromatic rings. The van der Waals surface area contributed by atoms with Crippen LogP contribution in [0.5, 0.6) is 0 Å². The molecule has 2 nitrogen and oxygen atoms in total. The summed E-state index contributed by atoms with van der Waals surface area (Å²) in [6.45, 7) is 3.71. The number of anilines is 2. The standard InChI is InChI=1S/C8H9IN2/c1-6(9)11-8-5-3-2-4-7(8)10/h2-5,11H,1,10H2. The van der Waals surface area contributed by atoms with Gasteiger partial charge in [0.25, 0.3) is 0 Å². The maximum absolute atomic E-state index is 5.66. The van der Waals surface area contributed by atoms with Gasteiger partial charge in [-0.3, -0.25) is 0 Å². The second-order valence-electron chi connectivity index (χ2n) is 2.12. The van der Waals surface area contributed by atoms with Crippen LogP contribution in [0.3, 0.4) is 0 Å². The van der Waals surface area contributed by atoms with Gasteiger partial charge < -0.3 is 11.1 Å². The van der Waals surface area contributed by atoms with Gasteiger partial charge in [-0.2, -0.15) is 0 Å². The first-order valence-electron chi connectivity index (χ1n) is 3.16. The van der Waals surface area contributed by atoms with Gasteiger partial charge in [0.15, 0.2) is 0 Å². The van der Waals surface area contributed by atoms with Gasteiger partial charge in [-0.05, 0) is 34.7 Å². The predicted octanol–water partition coefficient (Wildman–Crippen LogP) is 2.59. The number of nitrogens with one attached hydrogen (secondary N) is 1. The molecule has 0 atom stereocenters. The Morgan fingerprint density at radius 2 is 2.09 bits per heavy atom. The molecule has 0 aliphatic heterocycles. The molecule has 0 fully saturated rings. The molecule has 0 heterocycles. The zero-order valence-corrected chi connectivity index (χ0v) is 8.13. The normalized spacial score (nSPS) is 9.18. The summed E-state index contributed by atoms with van der Waals surface area (Å²) in [5.41, 5.74) is 7.31. The van der Waals surface area contributed by atoms with E-state index >= 15 is 0 Å². The minimum Gasteiger partial charge on any atom is -0.397 e. The predicted molar refractivity (Wildman–Crippen MR) is 57.6 cm³/mol. The fourth-order valence-electron chi connectivity index (χ4n) is 0.757. The molecule has 0 aromatic heterocycles. The van der Waals surface area contributed by atoms with Crippen LogP contribution in [-0.2, 0) is 0 Å². The molecule has 1 aromatic carbocycles. The summed E-state index contributed by atoms with van der Waals surface area (Å²) in [5, 5.41) is 3.04. The van der Waals surface area contributed by atoms with Gasteiger partial charge in [0.1, 0.15) is 0 Å². The summed E-state index contributed by atoms with van der Waals surface area (Å²) in [7, 11) is 0. The maximum atomic E-state index is 5.66. The van der Waals surface area contributed by atoms with E-state index in [1.807, 2.05) is 24.3 Å². The molecule has 0 unspecified atom stereocenters. The Bertz CT molecular complexity index is 271. The number of nitrogen functional groups attached to an aromatic ring is 1. The molecule has 0 saturated carbocycles. The largest absolute Gasteiger partial charge is 0.397 e. The van der Waals surface area contributed by atoms with E-state index in [2.05, 4.69) is 34.5 Å². The average Bonchev–Trinajstić information content (AvgIpc) is 1.93. The highest BCUT2D eigenvalue weighted by Crippen LogP contribution is 2.19. The van der Waals surface area contributed by atoms with Gasteiger partial charge >= 0.3 is 0 Å². The summed E-state index contributed by atoms with van der Waals surface area (Å²) < 4.78 is 0.862. The number of hydrogen-bond donors (Lipinski definition) is 2. The minimum atomic E-state index is 0.741. The Morgan fingerprint density at radius 1 is 1.45 bits per heavy atom. The minimum absolute atomic E-state index is 0.741. The van der Waals surface area contributed by atoms with Crippen molar-refractivity contribution in [2.45, 2.75) is 0 Å². The molecule has 0 bridgehead atoms. The highest BCUT2D eigenvalue weighted by atomic mass is 127. The van der Waals surface area contributed by atoms with Gasteiger partial charge in [-0.1, -0.05) is 18.7 Å². The van der Waals surface area contributed by atoms with Crippen LogP contribution in [0.2, 0.25) is 0 Å². The molecule has 0 spiro atoms. The Hall–Kier alpha value is -0.710. The molecule has 11 heavy (non-hydrogen) atoms. The summed E-state index contributed by atoms with van der Waals surface area (Å²) in [6, 6.07) is 7.59. The Labute approximate surface area is 79.6 Å². The first-order valence-corrected chi connectivity index (χ1v) is 4.24. The van der Waals surface area contributed by atoms with E-state index in [0.717, 1.165) is 15.1 Å². The van der Waals surface area contributed by atoms with Gasteiger partial charge in [-0.25, -0.2) is 0 Å². The highest BCUT2D eigenvalue weighted by molar-refractivity contribution is 14.1. The van der Waals surface area contributed by atoms with E-state index in [-0.39, 0.29) is 0 Å². The molecular weight excluding hydrogens is 251 g/mol. The van der Waals surface area contributed by atoms with Gasteiger partial charge in [0, 0.05) is 0 Å². The quantitative estimate of drug-likeness (QED) is 0.487. The zero-order valence-electron chi connectivity index (χ0n) is 5.97. The second kappa shape index (κ2) is 3.61. The lowest BCUT2D eigenvalue weighted by molar-refractivity contribution is 1.58. The first kappa shape index (κ1) is 8.39. The smallest absolute Gasteiger partial charge is 0.0703 e. The lowest BCUT2D eigenvalue weighted by atomic mass is 10.3. The van der Waals surface area contributed by atoms with Crippen molar-refractivity contribution in [3.05, 3.63) is 34.5 Å². The monoisotopic (exact) mass is 260 g/mol. The average molecular weight is 260 g/mol. The third-order valence-electron chi connectivity index (χ3n) is 1.23. The van der Waals surface area contributed by atoms with Crippen molar-refractivity contribution in [3.8, 4) is 0 Å². The van der Waals surface area contributed by atoms with Crippen molar-refractivity contribution in [1.82, 2.24) is 0 Å². The van der Waals surface area contributed by atoms with Crippen LogP contribution in [0.15, 0.2) is 34.5 Å². The number of hydrogen-bond acceptors (Lipinski definition) is 2. The lowest BCUT2D eigenvalue weighted by Gasteiger charge is -2.05. The SMILES string of the molecule is C=C(I)Nc1ccccc1N. The molecule has 3 N–H and O–H groups in total. The Balaban J connectivity index is 2.86. The molecule has 0 amide bonds. The molecular formula is C8H9IN2. The van der Waals surface area contributed by atoms with Crippen LogP contribution >= 0.6 is 22.6 Å². The zero-order chi connectivity index (χ0) is 8.27. The number of para-hydroxylation sites is 2. The van der Waals surface area contributed by atoms with E-state index in [1.54, 1.807) is 0 Å². The van der Waals surface area contributed by atoms with Crippen molar-refractivity contribution in [2.75, 3.05) is 11.1 Å². The molecule has 0 saturated heterocycles. The molecule has 0 aliphatic carbocycles. The third kappa shape index (κ3) is 2.42. The summed E-state index contributed by atoms with van der Waals surface area (Å²) in [5.74, 6) is 0. The Kier molecular flexibility index (Phi) is 2.76. The maximum Gasteiger partial charge on any atom is 0.0703 e. The number of benzene rings is 1. The van der Waals surface area contributed by atoms with Crippen LogP contribution in [0.4, 0.5) is 11.4 Å². The second-order valence-corrected chi connectivity index (χ2v) is 3.42. The fraction of sp³-hybridized carbons (Fsp3) is 0.